The van der Waals surface area contributed by atoms with Crippen molar-refractivity contribution >= 4 is 50.7 Å². The first-order valence-corrected chi connectivity index (χ1v) is 14.9. The third-order valence-corrected chi connectivity index (χ3v) is 9.00. The van der Waals surface area contributed by atoms with Crippen LogP contribution in [-0.4, -0.2) is 50.9 Å². The molecule has 0 aromatic heterocycles. The number of ether oxygens (including phenoxy) is 1. The molecule has 0 heterocycles. The van der Waals surface area contributed by atoms with Crippen LogP contribution in [0.4, 0.5) is 5.69 Å². The number of nitrogens with zero attached hydrogens (tertiary/aromatic N) is 2. The molecule has 3 rings (SSSR count). The molecule has 0 spiro atoms. The first kappa shape index (κ1) is 31.3. The molecular weight excluding hydrogens is 573 g/mol. The first-order chi connectivity index (χ1) is 19.0. The number of carbonyl (C=O) groups is 2. The topological polar surface area (TPSA) is 96.0 Å². The maximum absolute atomic E-state index is 13.9. The van der Waals surface area contributed by atoms with Crippen molar-refractivity contribution in [2.75, 3.05) is 18.0 Å². The fourth-order valence-electron chi connectivity index (χ4n) is 3.88. The SMILES string of the molecule is CC[C@H](C)NC(=O)[C@@H](C)N(Cc1ccc(Cl)c(Cl)c1)C(=O)CN(c1ccc(OC)cc1)S(=O)(=O)c1ccccc1. The number of carbonyl (C=O) groups excluding carboxylic acids is 2. The predicted octanol–water partition coefficient (Wildman–Crippen LogP) is 5.53. The Balaban J connectivity index is 2.03. The van der Waals surface area contributed by atoms with Crippen molar-refractivity contribution in [1.82, 2.24) is 10.2 Å². The normalized spacial score (nSPS) is 12.8. The Labute approximate surface area is 245 Å². The quantitative estimate of drug-likeness (QED) is 0.293. The monoisotopic (exact) mass is 605 g/mol. The largest absolute Gasteiger partial charge is 0.497 e. The van der Waals surface area contributed by atoms with E-state index in [0.717, 1.165) is 4.31 Å². The van der Waals surface area contributed by atoms with Crippen LogP contribution in [0.5, 0.6) is 5.75 Å². The average Bonchev–Trinajstić information content (AvgIpc) is 2.96. The van der Waals surface area contributed by atoms with Gasteiger partial charge in [-0.2, -0.15) is 0 Å². The number of nitrogens with one attached hydrogen (secondary N) is 1. The van der Waals surface area contributed by atoms with Crippen LogP contribution in [0.25, 0.3) is 0 Å². The zero-order valence-corrected chi connectivity index (χ0v) is 25.1. The van der Waals surface area contributed by atoms with Gasteiger partial charge in [0.1, 0.15) is 18.3 Å². The average molecular weight is 607 g/mol. The molecule has 11 heteroatoms. The molecule has 0 bridgehead atoms. The van der Waals surface area contributed by atoms with Gasteiger partial charge in [-0.3, -0.25) is 13.9 Å². The Hall–Kier alpha value is -3.27. The van der Waals surface area contributed by atoms with E-state index in [0.29, 0.717) is 27.8 Å². The van der Waals surface area contributed by atoms with Crippen molar-refractivity contribution in [3.63, 3.8) is 0 Å². The number of amides is 2. The third kappa shape index (κ3) is 7.68. The number of anilines is 1. The summed E-state index contributed by atoms with van der Waals surface area (Å²) in [6.07, 6.45) is 0.708. The Morgan fingerprint density at radius 1 is 0.950 bits per heavy atom. The molecule has 0 fully saturated rings. The lowest BCUT2D eigenvalue weighted by Gasteiger charge is -2.32. The van der Waals surface area contributed by atoms with E-state index in [4.69, 9.17) is 27.9 Å². The van der Waals surface area contributed by atoms with Crippen LogP contribution in [0.1, 0.15) is 32.8 Å². The molecule has 3 aromatic carbocycles. The molecule has 0 radical (unpaired) electrons. The lowest BCUT2D eigenvalue weighted by Crippen LogP contribution is -2.52. The highest BCUT2D eigenvalue weighted by atomic mass is 35.5. The molecule has 214 valence electrons. The van der Waals surface area contributed by atoms with E-state index >= 15 is 0 Å². The van der Waals surface area contributed by atoms with Gasteiger partial charge in [-0.15, -0.1) is 0 Å². The van der Waals surface area contributed by atoms with Gasteiger partial charge in [0, 0.05) is 12.6 Å². The zero-order valence-electron chi connectivity index (χ0n) is 22.8. The Morgan fingerprint density at radius 3 is 2.17 bits per heavy atom. The molecular formula is C29H33Cl2N3O5S. The summed E-state index contributed by atoms with van der Waals surface area (Å²) in [5, 5.41) is 3.55. The molecule has 0 aliphatic carbocycles. The molecule has 0 aliphatic rings. The summed E-state index contributed by atoms with van der Waals surface area (Å²) in [6.45, 7) is 4.87. The molecule has 0 saturated heterocycles. The molecule has 2 atom stereocenters. The van der Waals surface area contributed by atoms with Crippen LogP contribution in [0, 0.1) is 0 Å². The number of sulfonamides is 1. The number of hydrogen-bond acceptors (Lipinski definition) is 5. The second kappa shape index (κ2) is 13.9. The molecule has 0 unspecified atom stereocenters. The van der Waals surface area contributed by atoms with Crippen LogP contribution < -0.4 is 14.4 Å². The van der Waals surface area contributed by atoms with E-state index < -0.39 is 28.5 Å². The van der Waals surface area contributed by atoms with Gasteiger partial charge in [0.15, 0.2) is 0 Å². The molecule has 3 aromatic rings. The highest BCUT2D eigenvalue weighted by molar-refractivity contribution is 7.92. The number of benzene rings is 3. The maximum atomic E-state index is 13.9. The van der Waals surface area contributed by atoms with Crippen molar-refractivity contribution in [2.24, 2.45) is 0 Å². The Bertz CT molecular complexity index is 1420. The van der Waals surface area contributed by atoms with Gasteiger partial charge >= 0.3 is 0 Å². The van der Waals surface area contributed by atoms with E-state index in [9.17, 15) is 18.0 Å². The van der Waals surface area contributed by atoms with Crippen LogP contribution in [0.15, 0.2) is 77.7 Å². The fourth-order valence-corrected chi connectivity index (χ4v) is 5.64. The van der Waals surface area contributed by atoms with E-state index in [1.165, 1.54) is 24.1 Å². The minimum atomic E-state index is -4.15. The summed E-state index contributed by atoms with van der Waals surface area (Å²) in [5.74, 6) is -0.401. The van der Waals surface area contributed by atoms with Crippen LogP contribution in [0.2, 0.25) is 10.0 Å². The highest BCUT2D eigenvalue weighted by Gasteiger charge is 2.32. The lowest BCUT2D eigenvalue weighted by molar-refractivity contribution is -0.139. The van der Waals surface area contributed by atoms with Gasteiger partial charge in [0.25, 0.3) is 10.0 Å². The molecule has 8 nitrogen and oxygen atoms in total. The number of hydrogen-bond donors (Lipinski definition) is 1. The smallest absolute Gasteiger partial charge is 0.264 e. The summed E-state index contributed by atoms with van der Waals surface area (Å²) in [7, 11) is -2.65. The van der Waals surface area contributed by atoms with Crippen molar-refractivity contribution in [2.45, 2.75) is 50.7 Å². The molecule has 40 heavy (non-hydrogen) atoms. The van der Waals surface area contributed by atoms with Gasteiger partial charge in [0.2, 0.25) is 11.8 Å². The van der Waals surface area contributed by atoms with Crippen LogP contribution in [-0.2, 0) is 26.2 Å². The standard InChI is InChI=1S/C29H33Cl2N3O5S/c1-5-20(2)32-29(36)21(3)33(18-22-11-16-26(30)27(31)17-22)28(35)19-34(23-12-14-24(39-4)15-13-23)40(37,38)25-9-7-6-8-10-25/h6-17,20-21H,5,18-19H2,1-4H3,(H,32,36)/t20-,21+/m0/s1. The Morgan fingerprint density at radius 2 is 1.60 bits per heavy atom. The Kier molecular flexibility index (Phi) is 10.8. The molecule has 1 N–H and O–H groups in total. The van der Waals surface area contributed by atoms with E-state index in [1.807, 2.05) is 13.8 Å². The van der Waals surface area contributed by atoms with Gasteiger partial charge in [-0.05, 0) is 74.4 Å². The molecule has 0 saturated carbocycles. The summed E-state index contributed by atoms with van der Waals surface area (Å²) in [4.78, 5) is 28.4. The molecule has 2 amide bonds. The minimum Gasteiger partial charge on any atom is -0.497 e. The fraction of sp³-hybridized carbons (Fsp3) is 0.310. The third-order valence-electron chi connectivity index (χ3n) is 6.48. The second-order valence-corrected chi connectivity index (χ2v) is 12.0. The summed E-state index contributed by atoms with van der Waals surface area (Å²) < 4.78 is 33.8. The van der Waals surface area contributed by atoms with Crippen molar-refractivity contribution in [3.8, 4) is 5.75 Å². The first-order valence-electron chi connectivity index (χ1n) is 12.7. The van der Waals surface area contributed by atoms with Crippen LogP contribution in [0.3, 0.4) is 0 Å². The van der Waals surface area contributed by atoms with Crippen molar-refractivity contribution < 1.29 is 22.7 Å². The predicted molar refractivity (Wildman–Crippen MR) is 158 cm³/mol. The van der Waals surface area contributed by atoms with E-state index in [-0.39, 0.29) is 29.1 Å². The van der Waals surface area contributed by atoms with Crippen molar-refractivity contribution in [1.29, 1.82) is 0 Å². The number of halogens is 2. The lowest BCUT2D eigenvalue weighted by atomic mass is 10.1. The zero-order chi connectivity index (χ0) is 29.4. The number of rotatable bonds is 12. The maximum Gasteiger partial charge on any atom is 0.264 e. The summed E-state index contributed by atoms with van der Waals surface area (Å²) >= 11 is 12.3. The summed E-state index contributed by atoms with van der Waals surface area (Å²) in [5.41, 5.74) is 0.900. The minimum absolute atomic E-state index is 0.00660. The van der Waals surface area contributed by atoms with E-state index in [1.54, 1.807) is 67.6 Å². The summed E-state index contributed by atoms with van der Waals surface area (Å²) in [6, 6.07) is 18.1. The van der Waals surface area contributed by atoms with E-state index in [2.05, 4.69) is 5.32 Å². The highest BCUT2D eigenvalue weighted by Crippen LogP contribution is 2.27. The van der Waals surface area contributed by atoms with Crippen molar-refractivity contribution in [3.05, 3.63) is 88.4 Å². The van der Waals surface area contributed by atoms with Gasteiger partial charge < -0.3 is 15.0 Å². The van der Waals surface area contributed by atoms with Gasteiger partial charge in [0.05, 0.1) is 27.7 Å². The molecule has 0 aliphatic heterocycles. The number of methoxy groups -OCH3 is 1. The van der Waals surface area contributed by atoms with Gasteiger partial charge in [-0.1, -0.05) is 54.4 Å². The van der Waals surface area contributed by atoms with Gasteiger partial charge in [-0.25, -0.2) is 8.42 Å². The van der Waals surface area contributed by atoms with Crippen LogP contribution >= 0.6 is 23.2 Å². The second-order valence-electron chi connectivity index (χ2n) is 9.29.